The molecule has 2 aliphatic rings. The molecule has 2 aromatic rings. The number of piperidine rings is 1. The van der Waals surface area contributed by atoms with Gasteiger partial charge in [-0.25, -0.2) is 4.98 Å². The van der Waals surface area contributed by atoms with Gasteiger partial charge in [-0.1, -0.05) is 6.07 Å². The summed E-state index contributed by atoms with van der Waals surface area (Å²) in [5.74, 6) is 0. The van der Waals surface area contributed by atoms with Crippen LogP contribution in [0.4, 0.5) is 5.69 Å². The maximum atomic E-state index is 4.41. The minimum absolute atomic E-state index is 0.683. The Labute approximate surface area is 143 Å². The van der Waals surface area contributed by atoms with E-state index in [1.165, 1.54) is 56.6 Å². The van der Waals surface area contributed by atoms with Crippen LogP contribution in [0.1, 0.15) is 36.1 Å². The predicted octanol–water partition coefficient (Wildman–Crippen LogP) is 3.73. The third kappa shape index (κ3) is 3.29. The molecule has 23 heavy (non-hydrogen) atoms. The summed E-state index contributed by atoms with van der Waals surface area (Å²) in [6, 6.07) is 7.82. The van der Waals surface area contributed by atoms with Crippen molar-refractivity contribution in [1.82, 2.24) is 9.88 Å². The van der Waals surface area contributed by atoms with Crippen LogP contribution < -0.4 is 4.90 Å². The maximum absolute atomic E-state index is 4.41. The molecule has 0 amide bonds. The first-order valence-electron chi connectivity index (χ1n) is 8.73. The van der Waals surface area contributed by atoms with Crippen molar-refractivity contribution in [3.05, 3.63) is 45.9 Å². The molecule has 0 spiro atoms. The summed E-state index contributed by atoms with van der Waals surface area (Å²) in [6.45, 7) is 3.32. The lowest BCUT2D eigenvalue weighted by atomic mass is 10.0. The number of rotatable bonds is 4. The number of anilines is 1. The van der Waals surface area contributed by atoms with E-state index in [1.807, 2.05) is 5.51 Å². The minimum Gasteiger partial charge on any atom is -0.371 e. The number of fused-ring (bicyclic) bond motifs is 1. The molecule has 3 nitrogen and oxygen atoms in total. The van der Waals surface area contributed by atoms with Crippen LogP contribution in [0, 0.1) is 0 Å². The van der Waals surface area contributed by atoms with Gasteiger partial charge in [-0.2, -0.15) is 0 Å². The van der Waals surface area contributed by atoms with Gasteiger partial charge in [0.05, 0.1) is 11.2 Å². The van der Waals surface area contributed by atoms with Gasteiger partial charge in [0, 0.05) is 36.7 Å². The number of aromatic nitrogens is 1. The van der Waals surface area contributed by atoms with E-state index < -0.39 is 0 Å². The second-order valence-corrected chi connectivity index (χ2v) is 7.64. The fourth-order valence-electron chi connectivity index (χ4n) is 4.02. The van der Waals surface area contributed by atoms with E-state index in [-0.39, 0.29) is 0 Å². The van der Waals surface area contributed by atoms with Crippen molar-refractivity contribution in [3.63, 3.8) is 0 Å². The minimum atomic E-state index is 0.683. The first-order valence-corrected chi connectivity index (χ1v) is 9.68. The molecule has 0 saturated carbocycles. The third-order valence-electron chi connectivity index (χ3n) is 5.43. The first-order chi connectivity index (χ1) is 11.3. The van der Waals surface area contributed by atoms with E-state index in [2.05, 4.69) is 45.4 Å². The lowest BCUT2D eigenvalue weighted by Crippen LogP contribution is -2.43. The van der Waals surface area contributed by atoms with E-state index in [0.717, 1.165) is 6.54 Å². The Hall–Kier alpha value is -1.39. The SMILES string of the molecule is CN(Cc1cscn1)C1CCN(c2ccc3c(c2)CCC3)CC1. The standard InChI is InChI=1S/C19H25N3S/c1-21(12-17-13-23-14-20-17)18-7-9-22(10-8-18)19-6-5-15-3-2-4-16(15)11-19/h5-6,11,13-14,18H,2-4,7-10,12H2,1H3. The Morgan fingerprint density at radius 2 is 2.04 bits per heavy atom. The van der Waals surface area contributed by atoms with Crippen LogP contribution in [-0.4, -0.2) is 36.1 Å². The lowest BCUT2D eigenvalue weighted by molar-refractivity contribution is 0.198. The third-order valence-corrected chi connectivity index (χ3v) is 6.07. The number of nitrogens with zero attached hydrogens (tertiary/aromatic N) is 3. The van der Waals surface area contributed by atoms with Crippen molar-refractivity contribution in [2.24, 2.45) is 0 Å². The van der Waals surface area contributed by atoms with Crippen LogP contribution in [0.25, 0.3) is 0 Å². The topological polar surface area (TPSA) is 19.4 Å². The van der Waals surface area contributed by atoms with Crippen LogP contribution in [-0.2, 0) is 19.4 Å². The highest BCUT2D eigenvalue weighted by Gasteiger charge is 2.23. The Bertz CT molecular complexity index is 645. The summed E-state index contributed by atoms with van der Waals surface area (Å²) in [4.78, 5) is 9.47. The van der Waals surface area contributed by atoms with Crippen LogP contribution in [0.5, 0.6) is 0 Å². The van der Waals surface area contributed by atoms with Gasteiger partial charge in [0.15, 0.2) is 0 Å². The molecule has 1 aliphatic heterocycles. The predicted molar refractivity (Wildman–Crippen MR) is 97.3 cm³/mol. The lowest BCUT2D eigenvalue weighted by Gasteiger charge is -2.37. The van der Waals surface area contributed by atoms with E-state index >= 15 is 0 Å². The highest BCUT2D eigenvalue weighted by molar-refractivity contribution is 7.07. The number of benzene rings is 1. The molecule has 1 saturated heterocycles. The summed E-state index contributed by atoms with van der Waals surface area (Å²) in [5.41, 5.74) is 7.74. The fourth-order valence-corrected chi connectivity index (χ4v) is 4.57. The van der Waals surface area contributed by atoms with Crippen molar-refractivity contribution in [3.8, 4) is 0 Å². The molecular weight excluding hydrogens is 302 g/mol. The van der Waals surface area contributed by atoms with Crippen LogP contribution in [0.3, 0.4) is 0 Å². The molecule has 1 fully saturated rings. The summed E-state index contributed by atoms with van der Waals surface area (Å²) in [5, 5.41) is 2.16. The molecule has 1 aromatic heterocycles. The molecule has 0 N–H and O–H groups in total. The van der Waals surface area contributed by atoms with Gasteiger partial charge < -0.3 is 4.90 Å². The summed E-state index contributed by atoms with van der Waals surface area (Å²) >= 11 is 1.69. The highest BCUT2D eigenvalue weighted by atomic mass is 32.1. The van der Waals surface area contributed by atoms with Gasteiger partial charge in [0.2, 0.25) is 0 Å². The van der Waals surface area contributed by atoms with Crippen molar-refractivity contribution >= 4 is 17.0 Å². The van der Waals surface area contributed by atoms with E-state index in [0.29, 0.717) is 6.04 Å². The molecule has 1 aliphatic carbocycles. The summed E-state index contributed by atoms with van der Waals surface area (Å²) in [6.07, 6.45) is 6.38. The molecular formula is C19H25N3S. The van der Waals surface area contributed by atoms with E-state index in [4.69, 9.17) is 0 Å². The monoisotopic (exact) mass is 327 g/mol. The molecule has 2 heterocycles. The maximum Gasteiger partial charge on any atom is 0.0795 e. The second kappa shape index (κ2) is 6.62. The zero-order valence-corrected chi connectivity index (χ0v) is 14.7. The van der Waals surface area contributed by atoms with Gasteiger partial charge >= 0.3 is 0 Å². The first kappa shape index (κ1) is 15.2. The second-order valence-electron chi connectivity index (χ2n) is 6.92. The quantitative estimate of drug-likeness (QED) is 0.853. The van der Waals surface area contributed by atoms with Crippen molar-refractivity contribution in [2.75, 3.05) is 25.0 Å². The van der Waals surface area contributed by atoms with Crippen molar-refractivity contribution in [2.45, 2.75) is 44.7 Å². The van der Waals surface area contributed by atoms with Gasteiger partial charge in [-0.05, 0) is 62.4 Å². The van der Waals surface area contributed by atoms with Crippen LogP contribution >= 0.6 is 11.3 Å². The van der Waals surface area contributed by atoms with E-state index in [9.17, 15) is 0 Å². The van der Waals surface area contributed by atoms with Gasteiger partial charge in [0.25, 0.3) is 0 Å². The Balaban J connectivity index is 1.35. The van der Waals surface area contributed by atoms with E-state index in [1.54, 1.807) is 22.5 Å². The number of aryl methyl sites for hydroxylation is 2. The largest absolute Gasteiger partial charge is 0.371 e. The molecule has 0 bridgehead atoms. The average Bonchev–Trinajstić information content (AvgIpc) is 3.25. The molecule has 4 rings (SSSR count). The molecule has 0 radical (unpaired) electrons. The smallest absolute Gasteiger partial charge is 0.0795 e. The molecule has 122 valence electrons. The van der Waals surface area contributed by atoms with Gasteiger partial charge in [-0.3, -0.25) is 4.90 Å². The van der Waals surface area contributed by atoms with Crippen molar-refractivity contribution < 1.29 is 0 Å². The Morgan fingerprint density at radius 1 is 1.22 bits per heavy atom. The molecule has 0 atom stereocenters. The summed E-state index contributed by atoms with van der Waals surface area (Å²) < 4.78 is 0. The Kier molecular flexibility index (Phi) is 4.36. The van der Waals surface area contributed by atoms with Gasteiger partial charge in [-0.15, -0.1) is 11.3 Å². The van der Waals surface area contributed by atoms with Gasteiger partial charge in [0.1, 0.15) is 0 Å². The zero-order valence-electron chi connectivity index (χ0n) is 13.9. The number of thiazole rings is 1. The Morgan fingerprint density at radius 3 is 2.83 bits per heavy atom. The van der Waals surface area contributed by atoms with Crippen LogP contribution in [0.15, 0.2) is 29.1 Å². The average molecular weight is 327 g/mol. The summed E-state index contributed by atoms with van der Waals surface area (Å²) in [7, 11) is 2.25. The normalized spacial score (nSPS) is 18.6. The fraction of sp³-hybridized carbons (Fsp3) is 0.526. The number of hydrogen-bond acceptors (Lipinski definition) is 4. The highest BCUT2D eigenvalue weighted by Crippen LogP contribution is 2.29. The number of hydrogen-bond donors (Lipinski definition) is 0. The van der Waals surface area contributed by atoms with Crippen molar-refractivity contribution in [1.29, 1.82) is 0 Å². The molecule has 4 heteroatoms. The molecule has 1 aromatic carbocycles. The van der Waals surface area contributed by atoms with Crippen LogP contribution in [0.2, 0.25) is 0 Å². The zero-order chi connectivity index (χ0) is 15.6. The molecule has 0 unspecified atom stereocenters.